The van der Waals surface area contributed by atoms with Crippen LogP contribution in [0.4, 0.5) is 13.2 Å². The lowest BCUT2D eigenvalue weighted by Gasteiger charge is -2.14. The molecule has 1 unspecified atom stereocenters. The predicted molar refractivity (Wildman–Crippen MR) is 65.9 cm³/mol. The number of halogens is 3. The molecule has 0 aliphatic heterocycles. The highest BCUT2D eigenvalue weighted by atomic mass is 32.2. The topological polar surface area (TPSA) is 83.5 Å². The van der Waals surface area contributed by atoms with Gasteiger partial charge in [-0.3, -0.25) is 4.79 Å². The van der Waals surface area contributed by atoms with Crippen molar-refractivity contribution in [1.29, 1.82) is 0 Å². The summed E-state index contributed by atoms with van der Waals surface area (Å²) in [6.07, 6.45) is -3.35. The van der Waals surface area contributed by atoms with E-state index in [0.29, 0.717) is 25.0 Å². The van der Waals surface area contributed by atoms with E-state index in [2.05, 4.69) is 0 Å². The second-order valence-electron chi connectivity index (χ2n) is 4.80. The molecule has 9 heteroatoms. The van der Waals surface area contributed by atoms with E-state index in [-0.39, 0.29) is 5.92 Å². The standard InChI is InChI=1S/C12H12F3NO4S/c13-12(14,15)8-3-5-9(6-4-8)21(19,20)16-10(11(17)18)7-1-2-7/h3-7,10,16H,1-2H2,(H,17,18). The largest absolute Gasteiger partial charge is 0.480 e. The Balaban J connectivity index is 2.21. The smallest absolute Gasteiger partial charge is 0.416 e. The third kappa shape index (κ3) is 3.73. The van der Waals surface area contributed by atoms with Gasteiger partial charge in [-0.1, -0.05) is 0 Å². The van der Waals surface area contributed by atoms with Crippen LogP contribution in [0.2, 0.25) is 0 Å². The first kappa shape index (κ1) is 15.8. The van der Waals surface area contributed by atoms with E-state index < -0.39 is 38.7 Å². The molecule has 116 valence electrons. The molecule has 0 amide bonds. The van der Waals surface area contributed by atoms with Crippen molar-refractivity contribution in [2.24, 2.45) is 5.92 Å². The molecule has 0 bridgehead atoms. The van der Waals surface area contributed by atoms with Crippen molar-refractivity contribution in [2.45, 2.75) is 30.0 Å². The number of alkyl halides is 3. The van der Waals surface area contributed by atoms with Crippen LogP contribution in [-0.4, -0.2) is 25.5 Å². The maximum atomic E-state index is 12.4. The highest BCUT2D eigenvalue weighted by molar-refractivity contribution is 7.89. The minimum absolute atomic E-state index is 0.272. The SMILES string of the molecule is O=C(O)C(NS(=O)(=O)c1ccc(C(F)(F)F)cc1)C1CC1. The summed E-state index contributed by atoms with van der Waals surface area (Å²) in [6, 6.07) is 1.63. The number of carbonyl (C=O) groups is 1. The molecule has 21 heavy (non-hydrogen) atoms. The van der Waals surface area contributed by atoms with Crippen LogP contribution < -0.4 is 4.72 Å². The molecule has 1 fully saturated rings. The molecule has 1 aromatic carbocycles. The van der Waals surface area contributed by atoms with Gasteiger partial charge in [0.15, 0.2) is 0 Å². The van der Waals surface area contributed by atoms with Crippen molar-refractivity contribution >= 4 is 16.0 Å². The first-order chi connectivity index (χ1) is 9.61. The van der Waals surface area contributed by atoms with Gasteiger partial charge in [-0.2, -0.15) is 17.9 Å². The molecule has 1 aromatic rings. The van der Waals surface area contributed by atoms with Gasteiger partial charge in [0.05, 0.1) is 10.5 Å². The van der Waals surface area contributed by atoms with E-state index in [1.54, 1.807) is 0 Å². The van der Waals surface area contributed by atoms with Gasteiger partial charge in [0.1, 0.15) is 6.04 Å². The number of benzene rings is 1. The number of carboxylic acids is 1. The van der Waals surface area contributed by atoms with Crippen molar-refractivity contribution < 1.29 is 31.5 Å². The van der Waals surface area contributed by atoms with Crippen LogP contribution in [0.3, 0.4) is 0 Å². The van der Waals surface area contributed by atoms with Gasteiger partial charge in [-0.05, 0) is 43.0 Å². The number of sulfonamides is 1. The van der Waals surface area contributed by atoms with Crippen LogP contribution in [0.1, 0.15) is 18.4 Å². The zero-order valence-electron chi connectivity index (χ0n) is 10.6. The van der Waals surface area contributed by atoms with E-state index in [4.69, 9.17) is 5.11 Å². The van der Waals surface area contributed by atoms with Crippen LogP contribution in [0.15, 0.2) is 29.2 Å². The highest BCUT2D eigenvalue weighted by Crippen LogP contribution is 2.34. The zero-order chi connectivity index (χ0) is 15.8. The Morgan fingerprint density at radius 1 is 1.24 bits per heavy atom. The average molecular weight is 323 g/mol. The summed E-state index contributed by atoms with van der Waals surface area (Å²) in [5.41, 5.74) is -0.974. The van der Waals surface area contributed by atoms with Crippen LogP contribution in [0.25, 0.3) is 0 Å². The summed E-state index contributed by atoms with van der Waals surface area (Å²) in [7, 11) is -4.17. The van der Waals surface area contributed by atoms with E-state index in [1.165, 1.54) is 0 Å². The van der Waals surface area contributed by atoms with Crippen LogP contribution in [0.5, 0.6) is 0 Å². The molecule has 1 saturated carbocycles. The van der Waals surface area contributed by atoms with Crippen molar-refractivity contribution in [3.63, 3.8) is 0 Å². The van der Waals surface area contributed by atoms with Crippen molar-refractivity contribution in [1.82, 2.24) is 4.72 Å². The minimum Gasteiger partial charge on any atom is -0.480 e. The monoisotopic (exact) mass is 323 g/mol. The van der Waals surface area contributed by atoms with Crippen molar-refractivity contribution in [3.8, 4) is 0 Å². The summed E-state index contributed by atoms with van der Waals surface area (Å²) in [4.78, 5) is 10.6. The molecule has 0 radical (unpaired) electrons. The molecule has 1 atom stereocenters. The third-order valence-corrected chi connectivity index (χ3v) is 4.59. The van der Waals surface area contributed by atoms with Gasteiger partial charge in [0.25, 0.3) is 0 Å². The van der Waals surface area contributed by atoms with Gasteiger partial charge in [-0.15, -0.1) is 0 Å². The Morgan fingerprint density at radius 3 is 2.14 bits per heavy atom. The molecule has 1 aliphatic rings. The van der Waals surface area contributed by atoms with Gasteiger partial charge in [0.2, 0.25) is 10.0 Å². The number of rotatable bonds is 5. The van der Waals surface area contributed by atoms with E-state index in [0.717, 1.165) is 12.1 Å². The maximum Gasteiger partial charge on any atom is 0.416 e. The molecule has 0 heterocycles. The fourth-order valence-corrected chi connectivity index (χ4v) is 3.09. The van der Waals surface area contributed by atoms with Crippen LogP contribution in [0, 0.1) is 5.92 Å². The van der Waals surface area contributed by atoms with Crippen molar-refractivity contribution in [3.05, 3.63) is 29.8 Å². The summed E-state index contributed by atoms with van der Waals surface area (Å²) in [5.74, 6) is -1.57. The Kier molecular flexibility index (Phi) is 3.98. The van der Waals surface area contributed by atoms with E-state index >= 15 is 0 Å². The lowest BCUT2D eigenvalue weighted by atomic mass is 10.2. The molecule has 0 aromatic heterocycles. The first-order valence-corrected chi connectivity index (χ1v) is 7.52. The predicted octanol–water partition coefficient (Wildman–Crippen LogP) is 1.85. The van der Waals surface area contributed by atoms with E-state index in [1.807, 2.05) is 4.72 Å². The molecule has 0 spiro atoms. The van der Waals surface area contributed by atoms with Crippen LogP contribution >= 0.6 is 0 Å². The summed E-state index contributed by atoms with van der Waals surface area (Å²) < 4.78 is 63.2. The molecular formula is C12H12F3NO4S. The van der Waals surface area contributed by atoms with E-state index in [9.17, 15) is 26.4 Å². The molecule has 2 rings (SSSR count). The molecule has 5 nitrogen and oxygen atoms in total. The fourth-order valence-electron chi connectivity index (χ4n) is 1.84. The quantitative estimate of drug-likeness (QED) is 0.866. The normalized spacial score (nSPS) is 17.5. The Morgan fingerprint density at radius 2 is 1.76 bits per heavy atom. The number of aliphatic carboxylic acids is 1. The second kappa shape index (κ2) is 5.30. The fraction of sp³-hybridized carbons (Fsp3) is 0.417. The second-order valence-corrected chi connectivity index (χ2v) is 6.51. The van der Waals surface area contributed by atoms with Crippen molar-refractivity contribution in [2.75, 3.05) is 0 Å². The Bertz CT molecular complexity index is 635. The average Bonchev–Trinajstić information content (AvgIpc) is 3.19. The number of hydrogen-bond acceptors (Lipinski definition) is 3. The van der Waals surface area contributed by atoms with Crippen LogP contribution in [-0.2, 0) is 21.0 Å². The first-order valence-electron chi connectivity index (χ1n) is 6.03. The number of carboxylic acid groups (broad SMARTS) is 1. The Hall–Kier alpha value is -1.61. The molecule has 0 saturated heterocycles. The summed E-state index contributed by atoms with van der Waals surface area (Å²) in [5, 5.41) is 8.97. The van der Waals surface area contributed by atoms with Gasteiger partial charge >= 0.3 is 12.1 Å². The maximum absolute atomic E-state index is 12.4. The zero-order valence-corrected chi connectivity index (χ0v) is 11.4. The molecule has 2 N–H and O–H groups in total. The number of hydrogen-bond donors (Lipinski definition) is 2. The lowest BCUT2D eigenvalue weighted by molar-refractivity contribution is -0.139. The highest BCUT2D eigenvalue weighted by Gasteiger charge is 2.39. The lowest BCUT2D eigenvalue weighted by Crippen LogP contribution is -2.42. The number of nitrogens with one attached hydrogen (secondary N) is 1. The molecule has 1 aliphatic carbocycles. The van der Waals surface area contributed by atoms with Gasteiger partial charge in [-0.25, -0.2) is 8.42 Å². The third-order valence-electron chi connectivity index (χ3n) is 3.13. The summed E-state index contributed by atoms with van der Waals surface area (Å²) >= 11 is 0. The molecular weight excluding hydrogens is 311 g/mol. The van der Waals surface area contributed by atoms with Gasteiger partial charge < -0.3 is 5.11 Å². The Labute approximate surface area is 118 Å². The summed E-state index contributed by atoms with van der Waals surface area (Å²) in [6.45, 7) is 0. The minimum atomic E-state index is -4.56. The van der Waals surface area contributed by atoms with Gasteiger partial charge in [0, 0.05) is 0 Å².